The molecule has 0 spiro atoms. The summed E-state index contributed by atoms with van der Waals surface area (Å²) >= 11 is 0. The van der Waals surface area contributed by atoms with Crippen LogP contribution in [0, 0.1) is 27.7 Å². The van der Waals surface area contributed by atoms with Gasteiger partial charge in [-0.1, -0.05) is 6.07 Å². The summed E-state index contributed by atoms with van der Waals surface area (Å²) in [5.41, 5.74) is 2.33. The molecule has 5 heteroatoms. The normalized spacial score (nSPS) is 11.6. The van der Waals surface area contributed by atoms with Crippen molar-refractivity contribution in [3.05, 3.63) is 46.5 Å². The molecule has 0 aliphatic rings. The summed E-state index contributed by atoms with van der Waals surface area (Å²) in [6.07, 6.45) is 0. The van der Waals surface area contributed by atoms with Crippen LogP contribution in [0.15, 0.2) is 34.1 Å². The molecule has 0 aliphatic heterocycles. The summed E-state index contributed by atoms with van der Waals surface area (Å²) in [7, 11) is -3.83. The molecule has 0 atom stereocenters. The van der Waals surface area contributed by atoms with E-state index in [0.29, 0.717) is 16.7 Å². The van der Waals surface area contributed by atoms with Gasteiger partial charge >= 0.3 is 0 Å². The lowest BCUT2D eigenvalue weighted by molar-refractivity contribution is 0.454. The first-order valence-electron chi connectivity index (χ1n) is 6.50. The number of phenolic OH excluding ortho intramolecular Hbond substituents is 2. The molecular formula is C16H18O4S. The van der Waals surface area contributed by atoms with Gasteiger partial charge in [0.2, 0.25) is 9.84 Å². The molecule has 0 radical (unpaired) electrons. The van der Waals surface area contributed by atoms with Crippen molar-refractivity contribution in [3.63, 3.8) is 0 Å². The van der Waals surface area contributed by atoms with Crippen LogP contribution in [0.25, 0.3) is 0 Å². The van der Waals surface area contributed by atoms with Gasteiger partial charge in [0, 0.05) is 0 Å². The third kappa shape index (κ3) is 2.49. The van der Waals surface area contributed by atoms with Crippen molar-refractivity contribution >= 4 is 9.84 Å². The zero-order valence-corrected chi connectivity index (χ0v) is 13.2. The summed E-state index contributed by atoms with van der Waals surface area (Å²) in [6, 6.07) is 5.89. The average molecular weight is 306 g/mol. The van der Waals surface area contributed by atoms with Crippen LogP contribution in [0.4, 0.5) is 0 Å². The van der Waals surface area contributed by atoms with Gasteiger partial charge in [-0.15, -0.1) is 0 Å². The minimum Gasteiger partial charge on any atom is -0.507 e. The Hall–Kier alpha value is -2.01. The molecule has 0 saturated carbocycles. The third-order valence-electron chi connectivity index (χ3n) is 3.73. The zero-order valence-electron chi connectivity index (χ0n) is 12.4. The van der Waals surface area contributed by atoms with Crippen LogP contribution in [-0.4, -0.2) is 18.6 Å². The molecule has 0 aliphatic carbocycles. The lowest BCUT2D eigenvalue weighted by atomic mass is 10.1. The Balaban J connectivity index is 2.72. The molecule has 0 bridgehead atoms. The summed E-state index contributed by atoms with van der Waals surface area (Å²) in [4.78, 5) is -0.0519. The van der Waals surface area contributed by atoms with E-state index in [-0.39, 0.29) is 21.3 Å². The quantitative estimate of drug-likeness (QED) is 0.893. The van der Waals surface area contributed by atoms with Crippen molar-refractivity contribution in [2.24, 2.45) is 0 Å². The molecule has 2 aromatic carbocycles. The maximum Gasteiger partial charge on any atom is 0.210 e. The molecule has 0 amide bonds. The zero-order chi connectivity index (χ0) is 15.9. The van der Waals surface area contributed by atoms with Gasteiger partial charge in [-0.2, -0.15) is 0 Å². The number of hydrogen-bond donors (Lipinski definition) is 2. The molecule has 0 fully saturated rings. The number of phenols is 2. The van der Waals surface area contributed by atoms with Crippen LogP contribution >= 0.6 is 0 Å². The molecule has 0 aromatic heterocycles. The highest BCUT2D eigenvalue weighted by Gasteiger charge is 2.24. The van der Waals surface area contributed by atoms with E-state index < -0.39 is 9.84 Å². The molecule has 21 heavy (non-hydrogen) atoms. The van der Waals surface area contributed by atoms with E-state index in [4.69, 9.17) is 0 Å². The summed E-state index contributed by atoms with van der Waals surface area (Å²) < 4.78 is 25.4. The van der Waals surface area contributed by atoms with E-state index >= 15 is 0 Å². The number of hydrogen-bond acceptors (Lipinski definition) is 4. The lowest BCUT2D eigenvalue weighted by Gasteiger charge is -2.12. The van der Waals surface area contributed by atoms with Gasteiger partial charge in [-0.25, -0.2) is 8.42 Å². The highest BCUT2D eigenvalue weighted by molar-refractivity contribution is 7.91. The molecular weight excluding hydrogens is 288 g/mol. The van der Waals surface area contributed by atoms with Crippen LogP contribution in [0.3, 0.4) is 0 Å². The van der Waals surface area contributed by atoms with Crippen molar-refractivity contribution < 1.29 is 18.6 Å². The summed E-state index contributed by atoms with van der Waals surface area (Å²) in [6.45, 7) is 6.76. The molecule has 2 aromatic rings. The summed E-state index contributed by atoms with van der Waals surface area (Å²) in [5.74, 6) is -0.142. The van der Waals surface area contributed by atoms with Crippen LogP contribution in [0.2, 0.25) is 0 Å². The Morgan fingerprint density at radius 2 is 1.33 bits per heavy atom. The van der Waals surface area contributed by atoms with E-state index in [1.165, 1.54) is 18.2 Å². The van der Waals surface area contributed by atoms with E-state index in [9.17, 15) is 18.6 Å². The first-order valence-corrected chi connectivity index (χ1v) is 7.99. The first-order chi connectivity index (χ1) is 9.66. The van der Waals surface area contributed by atoms with Gasteiger partial charge in [0.25, 0.3) is 0 Å². The van der Waals surface area contributed by atoms with E-state index in [1.54, 1.807) is 33.8 Å². The van der Waals surface area contributed by atoms with Crippen molar-refractivity contribution in [3.8, 4) is 11.5 Å². The maximum atomic E-state index is 12.7. The van der Waals surface area contributed by atoms with Crippen LogP contribution in [0.1, 0.15) is 22.3 Å². The topological polar surface area (TPSA) is 74.6 Å². The smallest absolute Gasteiger partial charge is 0.210 e. The van der Waals surface area contributed by atoms with Gasteiger partial charge in [-0.3, -0.25) is 0 Å². The Morgan fingerprint density at radius 1 is 0.810 bits per heavy atom. The maximum absolute atomic E-state index is 12.7. The highest BCUT2D eigenvalue weighted by Crippen LogP contribution is 2.35. The predicted molar refractivity (Wildman–Crippen MR) is 80.6 cm³/mol. The summed E-state index contributed by atoms with van der Waals surface area (Å²) in [5, 5.41) is 19.9. The minimum atomic E-state index is -3.83. The Bertz CT molecular complexity index is 797. The van der Waals surface area contributed by atoms with Gasteiger partial charge in [0.05, 0.1) is 4.90 Å². The molecule has 0 unspecified atom stereocenters. The van der Waals surface area contributed by atoms with E-state index in [0.717, 1.165) is 5.56 Å². The Morgan fingerprint density at radius 3 is 1.86 bits per heavy atom. The second-order valence-electron chi connectivity index (χ2n) is 5.26. The number of sulfone groups is 1. The first kappa shape index (κ1) is 15.4. The van der Waals surface area contributed by atoms with Crippen molar-refractivity contribution in [1.82, 2.24) is 0 Å². The standard InChI is InChI=1S/C16H18O4S/c1-9-5-6-14(16(18)12(9)4)21(19,20)13-7-10(2)15(17)11(3)8-13/h5-8,17-18H,1-4H3. The van der Waals surface area contributed by atoms with Gasteiger partial charge in [0.15, 0.2) is 0 Å². The molecule has 2 N–H and O–H groups in total. The van der Waals surface area contributed by atoms with E-state index in [1.807, 2.05) is 0 Å². The van der Waals surface area contributed by atoms with Crippen molar-refractivity contribution in [1.29, 1.82) is 0 Å². The monoisotopic (exact) mass is 306 g/mol. The minimum absolute atomic E-state index is 0.0638. The van der Waals surface area contributed by atoms with Gasteiger partial charge in [0.1, 0.15) is 16.4 Å². The Labute approximate surface area is 124 Å². The van der Waals surface area contributed by atoms with Crippen molar-refractivity contribution in [2.45, 2.75) is 37.5 Å². The van der Waals surface area contributed by atoms with Crippen LogP contribution in [0.5, 0.6) is 11.5 Å². The fourth-order valence-corrected chi connectivity index (χ4v) is 3.76. The second kappa shape index (κ2) is 5.07. The number of aryl methyl sites for hydroxylation is 3. The van der Waals surface area contributed by atoms with Crippen LogP contribution in [-0.2, 0) is 9.84 Å². The lowest BCUT2D eigenvalue weighted by Crippen LogP contribution is -2.04. The molecule has 0 heterocycles. The Kier molecular flexibility index (Phi) is 3.72. The number of rotatable bonds is 2. The fourth-order valence-electron chi connectivity index (χ4n) is 2.19. The van der Waals surface area contributed by atoms with Crippen LogP contribution < -0.4 is 0 Å². The molecule has 2 rings (SSSR count). The van der Waals surface area contributed by atoms with Crippen molar-refractivity contribution in [2.75, 3.05) is 0 Å². The third-order valence-corrected chi connectivity index (χ3v) is 5.49. The van der Waals surface area contributed by atoms with Gasteiger partial charge in [-0.05, 0) is 68.1 Å². The largest absolute Gasteiger partial charge is 0.507 e. The number of benzene rings is 2. The highest BCUT2D eigenvalue weighted by atomic mass is 32.2. The van der Waals surface area contributed by atoms with Gasteiger partial charge < -0.3 is 10.2 Å². The molecule has 0 saturated heterocycles. The molecule has 112 valence electrons. The average Bonchev–Trinajstić information content (AvgIpc) is 2.41. The second-order valence-corrected chi connectivity index (χ2v) is 7.18. The molecule has 4 nitrogen and oxygen atoms in total. The SMILES string of the molecule is Cc1ccc(S(=O)(=O)c2cc(C)c(O)c(C)c2)c(O)c1C. The number of aromatic hydroxyl groups is 2. The fraction of sp³-hybridized carbons (Fsp3) is 0.250. The predicted octanol–water partition coefficient (Wildman–Crippen LogP) is 3.16. The van der Waals surface area contributed by atoms with E-state index in [2.05, 4.69) is 0 Å².